The molecule has 0 bridgehead atoms. The van der Waals surface area contributed by atoms with Gasteiger partial charge >= 0.3 is 0 Å². The largest absolute Gasteiger partial charge is 0.489 e. The van der Waals surface area contributed by atoms with Crippen molar-refractivity contribution in [2.24, 2.45) is 0 Å². The number of aromatic nitrogens is 4. The summed E-state index contributed by atoms with van der Waals surface area (Å²) in [4.78, 5) is 0. The van der Waals surface area contributed by atoms with E-state index in [0.29, 0.717) is 24.5 Å². The average Bonchev–Trinajstić information content (AvgIpc) is 3.58. The molecule has 5 aromatic rings. The van der Waals surface area contributed by atoms with Gasteiger partial charge in [0.05, 0.1) is 5.92 Å². The van der Waals surface area contributed by atoms with Crippen molar-refractivity contribution in [1.82, 2.24) is 20.6 Å². The fraction of sp³-hybridized carbons (Fsp3) is 0.207. The molecule has 2 atom stereocenters. The molecule has 5 rings (SSSR count). The molecule has 0 radical (unpaired) electrons. The lowest BCUT2D eigenvalue weighted by molar-refractivity contribution is 0.306. The predicted molar refractivity (Wildman–Crippen MR) is 157 cm³/mol. The predicted octanol–water partition coefficient (Wildman–Crippen LogP) is 6.32. The van der Waals surface area contributed by atoms with Gasteiger partial charge in [0.25, 0.3) is 0 Å². The van der Waals surface area contributed by atoms with Crippen molar-refractivity contribution >= 4 is 37.0 Å². The van der Waals surface area contributed by atoms with Crippen LogP contribution >= 0.6 is 11.3 Å². The number of aryl methyl sites for hydroxylation is 1. The molecule has 39 heavy (non-hydrogen) atoms. The smallest absolute Gasteiger partial charge is 0.150 e. The number of anilines is 1. The molecule has 0 saturated carbocycles. The van der Waals surface area contributed by atoms with E-state index >= 15 is 0 Å². The molecule has 2 aromatic heterocycles. The quantitative estimate of drug-likeness (QED) is 0.184. The molecule has 0 spiro atoms. The van der Waals surface area contributed by atoms with Crippen LogP contribution in [-0.4, -0.2) is 31.1 Å². The molecule has 8 nitrogen and oxygen atoms in total. The molecule has 10 heteroatoms. The number of thiophene rings is 1. The Morgan fingerprint density at radius 2 is 1.95 bits per heavy atom. The topological polar surface area (TPSA) is 117 Å². The first-order valence-corrected chi connectivity index (χ1v) is 15.1. The Labute approximate surface area is 231 Å². The Morgan fingerprint density at radius 3 is 2.67 bits per heavy atom. The fourth-order valence-corrected chi connectivity index (χ4v) is 5.94. The van der Waals surface area contributed by atoms with Crippen LogP contribution in [0.25, 0.3) is 21.2 Å². The lowest BCUT2D eigenvalue weighted by Crippen LogP contribution is -2.07. The van der Waals surface area contributed by atoms with Crippen LogP contribution in [0.5, 0.6) is 5.75 Å². The van der Waals surface area contributed by atoms with Gasteiger partial charge in [0, 0.05) is 34.0 Å². The Balaban J connectivity index is 1.33. The zero-order chi connectivity index (χ0) is 27.4. The zero-order valence-electron chi connectivity index (χ0n) is 21.8. The molecule has 0 saturated heterocycles. The van der Waals surface area contributed by atoms with Gasteiger partial charge in [-0.25, -0.2) is 14.1 Å². The summed E-state index contributed by atoms with van der Waals surface area (Å²) < 4.78 is 29.8. The molecule has 3 aromatic carbocycles. The highest BCUT2D eigenvalue weighted by molar-refractivity contribution is 7.93. The first-order chi connectivity index (χ1) is 18.8. The van der Waals surface area contributed by atoms with Crippen molar-refractivity contribution in [3.8, 4) is 28.7 Å². The van der Waals surface area contributed by atoms with Crippen molar-refractivity contribution in [3.63, 3.8) is 0 Å². The SMILES string of the molecule is CC#C[C@@H](Cc1nnn[nH]1)c1ccc(OCc2ccc3scc(-c4cc(NS(C)(=N)=O)ccc4C)c3c2)cc1. The standard InChI is InChI=1S/C29H28N6O2S2/c1-4-5-22(15-29-31-34-35-32-29)21-8-11-24(12-9-21)37-17-20-7-13-28-26(14-20)27(18-38-28)25-16-23(10-6-19(25)2)33-39(3,30)36/h6-14,16,18,22H,15,17H2,1-3H3,(H2,30,33,36)(H,31,32,34,35)/t22-,39?/m0/s1. The van der Waals surface area contributed by atoms with E-state index in [0.717, 1.165) is 39.0 Å². The number of tetrazole rings is 1. The molecule has 0 aliphatic rings. The Hall–Kier alpha value is -4.20. The second-order valence-corrected chi connectivity index (χ2v) is 12.1. The molecule has 0 amide bonds. The van der Waals surface area contributed by atoms with Gasteiger partial charge in [0.2, 0.25) is 0 Å². The maximum Gasteiger partial charge on any atom is 0.150 e. The van der Waals surface area contributed by atoms with Gasteiger partial charge in [0.1, 0.15) is 28.1 Å². The van der Waals surface area contributed by atoms with Crippen molar-refractivity contribution < 1.29 is 8.95 Å². The van der Waals surface area contributed by atoms with E-state index < -0.39 is 9.92 Å². The minimum Gasteiger partial charge on any atom is -0.489 e. The van der Waals surface area contributed by atoms with Crippen molar-refractivity contribution in [3.05, 3.63) is 88.6 Å². The number of rotatable bonds is 9. The molecule has 0 aliphatic heterocycles. The molecule has 0 aliphatic carbocycles. The summed E-state index contributed by atoms with van der Waals surface area (Å²) >= 11 is 1.69. The molecular weight excluding hydrogens is 528 g/mol. The Bertz CT molecular complexity index is 1770. The second-order valence-electron chi connectivity index (χ2n) is 9.31. The number of hydrogen-bond acceptors (Lipinski definition) is 7. The molecular formula is C29H28N6O2S2. The minimum atomic E-state index is -2.86. The minimum absolute atomic E-state index is 0.0136. The lowest BCUT2D eigenvalue weighted by Gasteiger charge is -2.12. The highest BCUT2D eigenvalue weighted by Gasteiger charge is 2.14. The van der Waals surface area contributed by atoms with E-state index in [1.54, 1.807) is 11.3 Å². The first kappa shape index (κ1) is 26.4. The van der Waals surface area contributed by atoms with Crippen LogP contribution in [0.1, 0.15) is 35.4 Å². The monoisotopic (exact) mass is 556 g/mol. The maximum absolute atomic E-state index is 12.0. The van der Waals surface area contributed by atoms with Crippen LogP contribution in [0.2, 0.25) is 0 Å². The highest BCUT2D eigenvalue weighted by atomic mass is 32.2. The Morgan fingerprint density at radius 1 is 1.13 bits per heavy atom. The number of benzene rings is 3. The fourth-order valence-electron chi connectivity index (χ4n) is 4.42. The molecule has 198 valence electrons. The van der Waals surface area contributed by atoms with Crippen molar-refractivity contribution in [2.75, 3.05) is 11.0 Å². The summed E-state index contributed by atoms with van der Waals surface area (Å²) in [5.74, 6) is 7.70. The van der Waals surface area contributed by atoms with E-state index in [1.807, 2.05) is 49.4 Å². The van der Waals surface area contributed by atoms with Gasteiger partial charge in [-0.05, 0) is 88.3 Å². The average molecular weight is 557 g/mol. The summed E-state index contributed by atoms with van der Waals surface area (Å²) in [7, 11) is -2.86. The normalized spacial score (nSPS) is 13.3. The van der Waals surface area contributed by atoms with Crippen LogP contribution in [0.4, 0.5) is 5.69 Å². The summed E-state index contributed by atoms with van der Waals surface area (Å²) in [5, 5.41) is 17.4. The summed E-state index contributed by atoms with van der Waals surface area (Å²) in [5.41, 5.74) is 6.09. The van der Waals surface area contributed by atoms with Crippen LogP contribution in [-0.2, 0) is 22.9 Å². The van der Waals surface area contributed by atoms with Gasteiger partial charge in [-0.3, -0.25) is 4.72 Å². The molecule has 1 unspecified atom stereocenters. The summed E-state index contributed by atoms with van der Waals surface area (Å²) in [6.07, 6.45) is 1.98. The van der Waals surface area contributed by atoms with E-state index in [9.17, 15) is 4.21 Å². The number of H-pyrrole nitrogens is 1. The van der Waals surface area contributed by atoms with Gasteiger partial charge in [-0.2, -0.15) is 0 Å². The van der Waals surface area contributed by atoms with E-state index in [2.05, 4.69) is 67.7 Å². The third kappa shape index (κ3) is 6.45. The van der Waals surface area contributed by atoms with E-state index in [-0.39, 0.29) is 5.92 Å². The van der Waals surface area contributed by atoms with Crippen LogP contribution in [0, 0.1) is 23.5 Å². The van der Waals surface area contributed by atoms with Crippen LogP contribution in [0.15, 0.2) is 66.0 Å². The van der Waals surface area contributed by atoms with Crippen molar-refractivity contribution in [2.45, 2.75) is 32.8 Å². The molecule has 3 N–H and O–H groups in total. The van der Waals surface area contributed by atoms with Gasteiger partial charge in [-0.15, -0.1) is 22.4 Å². The van der Waals surface area contributed by atoms with Crippen LogP contribution < -0.4 is 9.46 Å². The zero-order valence-corrected chi connectivity index (χ0v) is 23.5. The highest BCUT2D eigenvalue weighted by Crippen LogP contribution is 2.37. The third-order valence-electron chi connectivity index (χ3n) is 6.27. The second kappa shape index (κ2) is 11.3. The number of fused-ring (bicyclic) bond motifs is 1. The van der Waals surface area contributed by atoms with Gasteiger partial charge in [0.15, 0.2) is 0 Å². The number of ether oxygens (including phenoxy) is 1. The number of aromatic amines is 1. The van der Waals surface area contributed by atoms with Crippen LogP contribution in [0.3, 0.4) is 0 Å². The third-order valence-corrected chi connectivity index (χ3v) is 7.86. The molecule has 0 fully saturated rings. The number of nitrogens with zero attached hydrogens (tertiary/aromatic N) is 3. The van der Waals surface area contributed by atoms with Gasteiger partial charge in [-0.1, -0.05) is 30.2 Å². The Kier molecular flexibility index (Phi) is 7.63. The van der Waals surface area contributed by atoms with Gasteiger partial charge < -0.3 is 4.74 Å². The van der Waals surface area contributed by atoms with Crippen molar-refractivity contribution in [1.29, 1.82) is 4.78 Å². The summed E-state index contributed by atoms with van der Waals surface area (Å²) in [6, 6.07) is 20.2. The number of hydrogen-bond donors (Lipinski definition) is 3. The molecule has 2 heterocycles. The lowest BCUT2D eigenvalue weighted by atomic mass is 9.96. The summed E-state index contributed by atoms with van der Waals surface area (Å²) in [6.45, 7) is 4.32. The maximum atomic E-state index is 12.0. The van der Waals surface area contributed by atoms with E-state index in [4.69, 9.17) is 9.52 Å². The first-order valence-electron chi connectivity index (χ1n) is 12.3. The number of nitrogens with one attached hydrogen (secondary N) is 3. The van der Waals surface area contributed by atoms with E-state index in [1.165, 1.54) is 11.0 Å².